The second kappa shape index (κ2) is 5.45. The molecule has 1 aliphatic rings. The first-order valence-corrected chi connectivity index (χ1v) is 6.49. The molecule has 1 atom stereocenters. The van der Waals surface area contributed by atoms with Crippen molar-refractivity contribution in [2.24, 2.45) is 0 Å². The Balaban J connectivity index is 2.34. The van der Waals surface area contributed by atoms with Crippen LogP contribution in [-0.4, -0.2) is 23.1 Å². The van der Waals surface area contributed by atoms with E-state index in [0.29, 0.717) is 0 Å². The quantitative estimate of drug-likeness (QED) is 0.871. The maximum Gasteiger partial charge on any atom is 0.159 e. The predicted molar refractivity (Wildman–Crippen MR) is 68.2 cm³/mol. The lowest BCUT2D eigenvalue weighted by atomic mass is 10.1. The van der Waals surface area contributed by atoms with Crippen molar-refractivity contribution < 1.29 is 4.74 Å². The van der Waals surface area contributed by atoms with Gasteiger partial charge in [0.15, 0.2) is 5.82 Å². The molecule has 0 aliphatic carbocycles. The first kappa shape index (κ1) is 12.3. The smallest absolute Gasteiger partial charge is 0.159 e. The van der Waals surface area contributed by atoms with Crippen molar-refractivity contribution in [2.75, 3.05) is 18.5 Å². The summed E-state index contributed by atoms with van der Waals surface area (Å²) < 4.78 is 5.65. The molecule has 4 heteroatoms. The van der Waals surface area contributed by atoms with Gasteiger partial charge in [0.25, 0.3) is 0 Å². The second-order valence-electron chi connectivity index (χ2n) is 4.38. The normalized spacial score (nSPS) is 19.6. The van der Waals surface area contributed by atoms with Crippen LogP contribution in [0, 0.1) is 6.92 Å². The number of nitrogens with zero attached hydrogens (tertiary/aromatic N) is 2. The van der Waals surface area contributed by atoms with Crippen LogP contribution in [0.5, 0.6) is 0 Å². The summed E-state index contributed by atoms with van der Waals surface area (Å²) in [6.45, 7) is 7.99. The van der Waals surface area contributed by atoms with E-state index in [9.17, 15) is 0 Å². The third-order valence-corrected chi connectivity index (χ3v) is 3.15. The van der Waals surface area contributed by atoms with Crippen LogP contribution in [-0.2, 0) is 11.2 Å². The van der Waals surface area contributed by atoms with E-state index in [1.165, 1.54) is 5.56 Å². The summed E-state index contributed by atoms with van der Waals surface area (Å²) in [5, 5.41) is 3.33. The molecule has 1 unspecified atom stereocenters. The SMILES string of the molecule is CCNc1nc(C2CCCO2)nc(C)c1CC. The highest BCUT2D eigenvalue weighted by Crippen LogP contribution is 2.28. The van der Waals surface area contributed by atoms with Crippen LogP contribution in [0.25, 0.3) is 0 Å². The highest BCUT2D eigenvalue weighted by Gasteiger charge is 2.22. The molecule has 1 N–H and O–H groups in total. The number of ether oxygens (including phenoxy) is 1. The fourth-order valence-electron chi connectivity index (χ4n) is 2.28. The second-order valence-corrected chi connectivity index (χ2v) is 4.38. The molecule has 1 aliphatic heterocycles. The minimum absolute atomic E-state index is 0.0945. The lowest BCUT2D eigenvalue weighted by Crippen LogP contribution is -2.12. The van der Waals surface area contributed by atoms with E-state index >= 15 is 0 Å². The number of hydrogen-bond acceptors (Lipinski definition) is 4. The van der Waals surface area contributed by atoms with Gasteiger partial charge in [-0.15, -0.1) is 0 Å². The summed E-state index contributed by atoms with van der Waals surface area (Å²) >= 11 is 0. The summed E-state index contributed by atoms with van der Waals surface area (Å²) in [7, 11) is 0. The van der Waals surface area contributed by atoms with Crippen molar-refractivity contribution in [3.63, 3.8) is 0 Å². The van der Waals surface area contributed by atoms with Crippen LogP contribution in [0.3, 0.4) is 0 Å². The fourth-order valence-corrected chi connectivity index (χ4v) is 2.28. The van der Waals surface area contributed by atoms with Gasteiger partial charge in [-0.3, -0.25) is 0 Å². The number of anilines is 1. The number of nitrogens with one attached hydrogen (secondary N) is 1. The van der Waals surface area contributed by atoms with Crippen LogP contribution in [0.2, 0.25) is 0 Å². The Labute approximate surface area is 103 Å². The van der Waals surface area contributed by atoms with Gasteiger partial charge in [-0.1, -0.05) is 6.92 Å². The van der Waals surface area contributed by atoms with Gasteiger partial charge in [-0.2, -0.15) is 0 Å². The number of rotatable bonds is 4. The molecule has 0 amide bonds. The Morgan fingerprint density at radius 3 is 2.76 bits per heavy atom. The Morgan fingerprint density at radius 2 is 2.18 bits per heavy atom. The first-order chi connectivity index (χ1) is 8.26. The molecule has 0 aromatic carbocycles. The lowest BCUT2D eigenvalue weighted by Gasteiger charge is -2.15. The van der Waals surface area contributed by atoms with E-state index in [1.807, 2.05) is 0 Å². The van der Waals surface area contributed by atoms with Crippen LogP contribution in [0.4, 0.5) is 5.82 Å². The maximum absolute atomic E-state index is 5.65. The minimum atomic E-state index is 0.0945. The molecule has 0 spiro atoms. The molecule has 1 aromatic heterocycles. The average Bonchev–Trinajstić information content (AvgIpc) is 2.82. The van der Waals surface area contributed by atoms with Gasteiger partial charge >= 0.3 is 0 Å². The number of hydrogen-bond donors (Lipinski definition) is 1. The molecule has 94 valence electrons. The molecule has 1 fully saturated rings. The molecule has 0 bridgehead atoms. The molecule has 0 saturated carbocycles. The van der Waals surface area contributed by atoms with E-state index in [4.69, 9.17) is 4.74 Å². The topological polar surface area (TPSA) is 47.0 Å². The van der Waals surface area contributed by atoms with Gasteiger partial charge < -0.3 is 10.1 Å². The predicted octanol–water partition coefficient (Wildman–Crippen LogP) is 2.63. The van der Waals surface area contributed by atoms with Gasteiger partial charge in [-0.25, -0.2) is 9.97 Å². The third kappa shape index (κ3) is 2.57. The van der Waals surface area contributed by atoms with Crippen LogP contribution < -0.4 is 5.32 Å². The summed E-state index contributed by atoms with van der Waals surface area (Å²) in [6, 6.07) is 0. The standard InChI is InChI=1S/C13H21N3O/c1-4-10-9(3)15-13(11-7-6-8-17-11)16-12(10)14-5-2/h11H,4-8H2,1-3H3,(H,14,15,16). The monoisotopic (exact) mass is 235 g/mol. The summed E-state index contributed by atoms with van der Waals surface area (Å²) in [5.41, 5.74) is 2.29. The van der Waals surface area contributed by atoms with E-state index in [2.05, 4.69) is 36.1 Å². The molecule has 1 saturated heterocycles. The van der Waals surface area contributed by atoms with E-state index in [1.54, 1.807) is 0 Å². The highest BCUT2D eigenvalue weighted by atomic mass is 16.5. The Bertz CT molecular complexity index is 386. The zero-order valence-corrected chi connectivity index (χ0v) is 10.9. The summed E-state index contributed by atoms with van der Waals surface area (Å²) in [5.74, 6) is 1.82. The summed E-state index contributed by atoms with van der Waals surface area (Å²) in [4.78, 5) is 9.22. The van der Waals surface area contributed by atoms with E-state index in [0.717, 1.165) is 49.8 Å². The Kier molecular flexibility index (Phi) is 3.94. The molecule has 0 radical (unpaired) electrons. The van der Waals surface area contributed by atoms with Crippen LogP contribution >= 0.6 is 0 Å². The molecular formula is C13H21N3O. The van der Waals surface area contributed by atoms with E-state index < -0.39 is 0 Å². The van der Waals surface area contributed by atoms with Gasteiger partial charge in [-0.05, 0) is 33.1 Å². The number of aryl methyl sites for hydroxylation is 1. The van der Waals surface area contributed by atoms with Crippen molar-refractivity contribution in [3.8, 4) is 0 Å². The Hall–Kier alpha value is -1.16. The zero-order valence-electron chi connectivity index (χ0n) is 10.9. The van der Waals surface area contributed by atoms with E-state index in [-0.39, 0.29) is 6.10 Å². The highest BCUT2D eigenvalue weighted by molar-refractivity contribution is 5.46. The summed E-state index contributed by atoms with van der Waals surface area (Å²) in [6.07, 6.45) is 3.20. The Morgan fingerprint density at radius 1 is 1.35 bits per heavy atom. The minimum Gasteiger partial charge on any atom is -0.370 e. The average molecular weight is 235 g/mol. The molecule has 17 heavy (non-hydrogen) atoms. The first-order valence-electron chi connectivity index (χ1n) is 6.49. The largest absolute Gasteiger partial charge is 0.370 e. The molecule has 2 heterocycles. The van der Waals surface area contributed by atoms with Crippen molar-refractivity contribution in [1.82, 2.24) is 9.97 Å². The van der Waals surface area contributed by atoms with Gasteiger partial charge in [0.05, 0.1) is 0 Å². The van der Waals surface area contributed by atoms with Gasteiger partial charge in [0.1, 0.15) is 11.9 Å². The van der Waals surface area contributed by atoms with Crippen molar-refractivity contribution in [2.45, 2.75) is 46.1 Å². The molecular weight excluding hydrogens is 214 g/mol. The third-order valence-electron chi connectivity index (χ3n) is 3.15. The zero-order chi connectivity index (χ0) is 12.3. The van der Waals surface area contributed by atoms with Crippen molar-refractivity contribution >= 4 is 5.82 Å². The van der Waals surface area contributed by atoms with Crippen LogP contribution in [0.1, 0.15) is 49.9 Å². The molecule has 2 rings (SSSR count). The van der Waals surface area contributed by atoms with Crippen molar-refractivity contribution in [1.29, 1.82) is 0 Å². The molecule has 4 nitrogen and oxygen atoms in total. The number of aromatic nitrogens is 2. The van der Waals surface area contributed by atoms with Crippen molar-refractivity contribution in [3.05, 3.63) is 17.1 Å². The van der Waals surface area contributed by atoms with Gasteiger partial charge in [0, 0.05) is 24.4 Å². The lowest BCUT2D eigenvalue weighted by molar-refractivity contribution is 0.105. The fraction of sp³-hybridized carbons (Fsp3) is 0.692. The van der Waals surface area contributed by atoms with Crippen LogP contribution in [0.15, 0.2) is 0 Å². The molecule has 1 aromatic rings. The van der Waals surface area contributed by atoms with Gasteiger partial charge in [0.2, 0.25) is 0 Å². The maximum atomic E-state index is 5.65.